The highest BCUT2D eigenvalue weighted by atomic mass is 16.4. The first kappa shape index (κ1) is 15.9. The number of nitrogens with zero attached hydrogens (tertiary/aromatic N) is 3. The molecule has 25 heavy (non-hydrogen) atoms. The van der Waals surface area contributed by atoms with Crippen LogP contribution in [0.4, 0.5) is 0 Å². The number of hydrogen-bond acceptors (Lipinski definition) is 3. The molecule has 1 saturated carbocycles. The fourth-order valence-corrected chi connectivity index (χ4v) is 3.95. The van der Waals surface area contributed by atoms with Crippen LogP contribution in [0.2, 0.25) is 0 Å². The fourth-order valence-electron chi connectivity index (χ4n) is 3.95. The Bertz CT molecular complexity index is 774. The first-order chi connectivity index (χ1) is 12.1. The van der Waals surface area contributed by atoms with Crippen LogP contribution in [0.25, 0.3) is 0 Å². The summed E-state index contributed by atoms with van der Waals surface area (Å²) in [6.45, 7) is 0.888. The van der Waals surface area contributed by atoms with Crippen molar-refractivity contribution in [2.75, 3.05) is 13.1 Å². The van der Waals surface area contributed by atoms with E-state index in [1.54, 1.807) is 18.5 Å². The molecule has 1 aliphatic carbocycles. The van der Waals surface area contributed by atoms with Gasteiger partial charge in [-0.3, -0.25) is 9.48 Å². The first-order valence-electron chi connectivity index (χ1n) is 8.67. The van der Waals surface area contributed by atoms with Crippen LogP contribution >= 0.6 is 0 Å². The van der Waals surface area contributed by atoms with Gasteiger partial charge in [0.2, 0.25) is 5.91 Å². The lowest BCUT2D eigenvalue weighted by Crippen LogP contribution is -2.54. The van der Waals surface area contributed by atoms with E-state index >= 15 is 0 Å². The van der Waals surface area contributed by atoms with Crippen molar-refractivity contribution >= 4 is 11.9 Å². The molecule has 130 valence electrons. The molecule has 1 amide bonds. The molecular weight excluding hydrogens is 318 g/mol. The van der Waals surface area contributed by atoms with Crippen molar-refractivity contribution in [3.8, 4) is 0 Å². The summed E-state index contributed by atoms with van der Waals surface area (Å²) in [6.07, 6.45) is 5.78. The average Bonchev–Trinajstić information content (AvgIpc) is 3.28. The molecule has 4 rings (SSSR count). The monoisotopic (exact) mass is 339 g/mol. The van der Waals surface area contributed by atoms with Crippen molar-refractivity contribution in [3.63, 3.8) is 0 Å². The Morgan fingerprint density at radius 3 is 2.20 bits per heavy atom. The van der Waals surface area contributed by atoms with Gasteiger partial charge in [-0.05, 0) is 24.5 Å². The number of carbonyl (C=O) groups excluding carboxylic acids is 1. The lowest BCUT2D eigenvalue weighted by Gasteiger charge is -2.40. The maximum Gasteiger partial charge on any atom is 0.331 e. The Morgan fingerprint density at radius 2 is 1.68 bits per heavy atom. The van der Waals surface area contributed by atoms with Crippen molar-refractivity contribution < 1.29 is 14.7 Å². The van der Waals surface area contributed by atoms with Crippen molar-refractivity contribution in [2.45, 2.75) is 36.6 Å². The third-order valence-electron chi connectivity index (χ3n) is 5.70. The summed E-state index contributed by atoms with van der Waals surface area (Å²) in [5.74, 6) is -0.745. The normalized spacial score (nSPS) is 20.9. The second kappa shape index (κ2) is 5.72. The molecule has 0 atom stereocenters. The highest BCUT2D eigenvalue weighted by Gasteiger charge is 2.54. The van der Waals surface area contributed by atoms with Gasteiger partial charge < -0.3 is 10.0 Å². The Balaban J connectivity index is 1.52. The van der Waals surface area contributed by atoms with Crippen molar-refractivity contribution in [1.82, 2.24) is 14.7 Å². The van der Waals surface area contributed by atoms with E-state index in [0.717, 1.165) is 18.4 Å². The molecule has 6 nitrogen and oxygen atoms in total. The van der Waals surface area contributed by atoms with Gasteiger partial charge >= 0.3 is 5.97 Å². The number of carbonyl (C=O) groups is 2. The largest absolute Gasteiger partial charge is 0.479 e. The van der Waals surface area contributed by atoms with E-state index < -0.39 is 16.9 Å². The van der Waals surface area contributed by atoms with Gasteiger partial charge in [0.05, 0.1) is 5.41 Å². The molecule has 2 heterocycles. The summed E-state index contributed by atoms with van der Waals surface area (Å²) in [5.41, 5.74) is -0.373. The lowest BCUT2D eigenvalue weighted by atomic mass is 9.86. The summed E-state index contributed by atoms with van der Waals surface area (Å²) >= 11 is 0. The molecule has 6 heteroatoms. The number of rotatable bonds is 4. The standard InChI is InChI=1S/C19H21N3O3/c23-16(18(7-8-18)15-5-2-1-3-6-15)21-13-9-19(10-14-21,17(24)25)22-12-4-11-20-22/h1-6,11-12H,7-10,13-14H2,(H,24,25). The number of piperidine rings is 1. The summed E-state index contributed by atoms with van der Waals surface area (Å²) in [7, 11) is 0. The minimum absolute atomic E-state index is 0.137. The van der Waals surface area contributed by atoms with Crippen molar-refractivity contribution in [3.05, 3.63) is 54.4 Å². The van der Waals surface area contributed by atoms with Crippen LogP contribution in [-0.4, -0.2) is 44.8 Å². The van der Waals surface area contributed by atoms with Gasteiger partial charge in [-0.2, -0.15) is 5.10 Å². The summed E-state index contributed by atoms with van der Waals surface area (Å²) in [6, 6.07) is 11.6. The van der Waals surface area contributed by atoms with E-state index in [0.29, 0.717) is 25.9 Å². The van der Waals surface area contributed by atoms with Crippen LogP contribution in [-0.2, 0) is 20.5 Å². The molecule has 1 N–H and O–H groups in total. The van der Waals surface area contributed by atoms with Crippen LogP contribution in [0.1, 0.15) is 31.2 Å². The van der Waals surface area contributed by atoms with Crippen LogP contribution in [0, 0.1) is 0 Å². The predicted octanol–water partition coefficient (Wildman–Crippen LogP) is 2.02. The molecule has 0 radical (unpaired) electrons. The topological polar surface area (TPSA) is 75.4 Å². The molecule has 0 unspecified atom stereocenters. The maximum absolute atomic E-state index is 13.1. The number of carboxylic acid groups (broad SMARTS) is 1. The minimum Gasteiger partial charge on any atom is -0.479 e. The SMILES string of the molecule is O=C(N1CCC(C(=O)O)(n2cccn2)CC1)C1(c2ccccc2)CC1. The molecule has 0 bridgehead atoms. The number of likely N-dealkylation sites (tertiary alicyclic amines) is 1. The predicted molar refractivity (Wildman–Crippen MR) is 91.0 cm³/mol. The second-order valence-electron chi connectivity index (χ2n) is 7.03. The van der Waals surface area contributed by atoms with Gasteiger partial charge in [0.15, 0.2) is 5.54 Å². The summed E-state index contributed by atoms with van der Waals surface area (Å²) in [4.78, 5) is 26.9. The molecule has 2 aliphatic rings. The Morgan fingerprint density at radius 1 is 1.00 bits per heavy atom. The number of benzene rings is 1. The quantitative estimate of drug-likeness (QED) is 0.925. The average molecular weight is 339 g/mol. The number of aliphatic carboxylic acids is 1. The van der Waals surface area contributed by atoms with Gasteiger partial charge in [-0.25, -0.2) is 4.79 Å². The van der Waals surface area contributed by atoms with E-state index in [1.165, 1.54) is 4.68 Å². The molecule has 1 saturated heterocycles. The van der Waals surface area contributed by atoms with Gasteiger partial charge in [0.1, 0.15) is 0 Å². The molecular formula is C19H21N3O3. The Kier molecular flexibility index (Phi) is 3.63. The van der Waals surface area contributed by atoms with Gasteiger partial charge in [0, 0.05) is 38.3 Å². The van der Waals surface area contributed by atoms with Gasteiger partial charge in [-0.15, -0.1) is 0 Å². The lowest BCUT2D eigenvalue weighted by molar-refractivity contribution is -0.154. The van der Waals surface area contributed by atoms with Crippen LogP contribution in [0.3, 0.4) is 0 Å². The second-order valence-corrected chi connectivity index (χ2v) is 7.03. The van der Waals surface area contributed by atoms with Gasteiger partial charge in [-0.1, -0.05) is 30.3 Å². The smallest absolute Gasteiger partial charge is 0.331 e. The zero-order valence-corrected chi connectivity index (χ0v) is 14.0. The highest BCUT2D eigenvalue weighted by molar-refractivity contribution is 5.91. The van der Waals surface area contributed by atoms with Crippen LogP contribution < -0.4 is 0 Å². The van der Waals surface area contributed by atoms with E-state index in [4.69, 9.17) is 0 Å². The molecule has 1 aromatic heterocycles. The summed E-state index contributed by atoms with van der Waals surface area (Å²) in [5, 5.41) is 13.9. The zero-order chi connectivity index (χ0) is 17.5. The van der Waals surface area contributed by atoms with E-state index in [2.05, 4.69) is 5.10 Å². The van der Waals surface area contributed by atoms with Crippen molar-refractivity contribution in [2.24, 2.45) is 0 Å². The van der Waals surface area contributed by atoms with Crippen LogP contribution in [0.15, 0.2) is 48.8 Å². The van der Waals surface area contributed by atoms with Crippen LogP contribution in [0.5, 0.6) is 0 Å². The molecule has 1 aliphatic heterocycles. The molecule has 2 fully saturated rings. The number of aromatic nitrogens is 2. The molecule has 0 spiro atoms. The van der Waals surface area contributed by atoms with Crippen molar-refractivity contribution in [1.29, 1.82) is 0 Å². The fraction of sp³-hybridized carbons (Fsp3) is 0.421. The minimum atomic E-state index is -1.05. The highest BCUT2D eigenvalue weighted by Crippen LogP contribution is 2.50. The zero-order valence-electron chi connectivity index (χ0n) is 14.0. The molecule has 2 aromatic rings. The molecule has 1 aromatic carbocycles. The van der Waals surface area contributed by atoms with E-state index in [1.807, 2.05) is 35.2 Å². The van der Waals surface area contributed by atoms with E-state index in [-0.39, 0.29) is 5.91 Å². The number of amides is 1. The third-order valence-corrected chi connectivity index (χ3v) is 5.70. The Labute approximate surface area is 146 Å². The first-order valence-corrected chi connectivity index (χ1v) is 8.67. The Hall–Kier alpha value is -2.63. The third kappa shape index (κ3) is 2.44. The number of carboxylic acids is 1. The number of hydrogen-bond donors (Lipinski definition) is 1. The van der Waals surface area contributed by atoms with Gasteiger partial charge in [0.25, 0.3) is 0 Å². The van der Waals surface area contributed by atoms with E-state index in [9.17, 15) is 14.7 Å². The maximum atomic E-state index is 13.1. The summed E-state index contributed by atoms with van der Waals surface area (Å²) < 4.78 is 1.53.